The first kappa shape index (κ1) is 11.7. The fourth-order valence-corrected chi connectivity index (χ4v) is 2.35. The van der Waals surface area contributed by atoms with Crippen molar-refractivity contribution in [3.63, 3.8) is 0 Å². The molecule has 1 aromatic carbocycles. The zero-order valence-corrected chi connectivity index (χ0v) is 10.5. The van der Waals surface area contributed by atoms with Crippen LogP contribution in [0.1, 0.15) is 16.1 Å². The van der Waals surface area contributed by atoms with Gasteiger partial charge in [0.25, 0.3) is 0 Å². The summed E-state index contributed by atoms with van der Waals surface area (Å²) in [5, 5.41) is 1.16. The van der Waals surface area contributed by atoms with Crippen molar-refractivity contribution in [2.75, 3.05) is 0 Å². The number of hydrogen-bond donors (Lipinski definition) is 0. The number of nitrogens with zero attached hydrogens (tertiary/aromatic N) is 2. The molecule has 2 aromatic heterocycles. The summed E-state index contributed by atoms with van der Waals surface area (Å²) in [6, 6.07) is 14.0. The summed E-state index contributed by atoms with van der Waals surface area (Å²) in [4.78, 5) is 15.3. The molecule has 3 heteroatoms. The number of carbonyl (C=O) groups is 1. The van der Waals surface area contributed by atoms with Gasteiger partial charge in [-0.1, -0.05) is 24.3 Å². The minimum Gasteiger partial charge on any atom is -0.345 e. The van der Waals surface area contributed by atoms with Gasteiger partial charge in [-0.2, -0.15) is 0 Å². The Morgan fingerprint density at radius 2 is 2.00 bits per heavy atom. The number of para-hydroxylation sites is 1. The number of pyridine rings is 1. The number of carbonyl (C=O) groups excluding carboxylic acids is 1. The summed E-state index contributed by atoms with van der Waals surface area (Å²) in [6.45, 7) is 0.788. The van der Waals surface area contributed by atoms with Crippen molar-refractivity contribution >= 4 is 17.2 Å². The van der Waals surface area contributed by atoms with E-state index in [2.05, 4.69) is 29.2 Å². The van der Waals surface area contributed by atoms with Gasteiger partial charge in [0.15, 0.2) is 6.29 Å². The molecule has 0 fully saturated rings. The van der Waals surface area contributed by atoms with Crippen LogP contribution < -0.4 is 0 Å². The van der Waals surface area contributed by atoms with Crippen molar-refractivity contribution in [1.82, 2.24) is 9.55 Å². The molecule has 3 rings (SSSR count). The summed E-state index contributed by atoms with van der Waals surface area (Å²) in [7, 11) is 0. The molecule has 0 radical (unpaired) electrons. The van der Waals surface area contributed by atoms with E-state index in [1.54, 1.807) is 0 Å². The Morgan fingerprint density at radius 1 is 1.11 bits per heavy atom. The number of aromatic nitrogens is 2. The largest absolute Gasteiger partial charge is 0.345 e. The predicted molar refractivity (Wildman–Crippen MR) is 75.3 cm³/mol. The first-order chi connectivity index (χ1) is 9.38. The Morgan fingerprint density at radius 3 is 2.89 bits per heavy atom. The third-order valence-electron chi connectivity index (χ3n) is 3.32. The van der Waals surface area contributed by atoms with Gasteiger partial charge in [0.2, 0.25) is 0 Å². The van der Waals surface area contributed by atoms with Gasteiger partial charge in [0.05, 0.1) is 11.2 Å². The average molecular weight is 250 g/mol. The molecule has 0 aliphatic rings. The quantitative estimate of drug-likeness (QED) is 0.667. The second kappa shape index (κ2) is 5.06. The third kappa shape index (κ3) is 2.27. The lowest BCUT2D eigenvalue weighted by atomic mass is 10.1. The van der Waals surface area contributed by atoms with E-state index in [4.69, 9.17) is 0 Å². The van der Waals surface area contributed by atoms with Crippen LogP contribution in [0.2, 0.25) is 0 Å². The highest BCUT2D eigenvalue weighted by Gasteiger charge is 2.03. The number of aryl methyl sites for hydroxylation is 2. The van der Waals surface area contributed by atoms with Crippen molar-refractivity contribution in [3.05, 3.63) is 66.1 Å². The highest BCUT2D eigenvalue weighted by Crippen LogP contribution is 2.17. The number of hydrogen-bond acceptors (Lipinski definition) is 2. The van der Waals surface area contributed by atoms with Crippen molar-refractivity contribution < 1.29 is 4.79 Å². The molecule has 19 heavy (non-hydrogen) atoms. The van der Waals surface area contributed by atoms with Crippen molar-refractivity contribution in [3.8, 4) is 0 Å². The van der Waals surface area contributed by atoms with Gasteiger partial charge in [0.1, 0.15) is 0 Å². The second-order valence-electron chi connectivity index (χ2n) is 4.49. The highest BCUT2D eigenvalue weighted by molar-refractivity contribution is 5.81. The zero-order valence-electron chi connectivity index (χ0n) is 10.5. The summed E-state index contributed by atoms with van der Waals surface area (Å²) < 4.78 is 1.97. The minimum absolute atomic E-state index is 0.716. The number of fused-ring (bicyclic) bond motifs is 1. The average Bonchev–Trinajstić information content (AvgIpc) is 2.92. The molecule has 0 atom stereocenters. The molecule has 3 nitrogen and oxygen atoms in total. The number of rotatable bonds is 4. The maximum Gasteiger partial charge on any atom is 0.166 e. The molecule has 0 saturated heterocycles. The van der Waals surface area contributed by atoms with E-state index in [-0.39, 0.29) is 0 Å². The summed E-state index contributed by atoms with van der Waals surface area (Å²) in [5.41, 5.74) is 2.97. The Balaban J connectivity index is 1.88. The van der Waals surface area contributed by atoms with Crippen LogP contribution in [0.15, 0.2) is 54.9 Å². The van der Waals surface area contributed by atoms with Crippen LogP contribution >= 0.6 is 0 Å². The molecule has 0 saturated carbocycles. The van der Waals surface area contributed by atoms with Crippen LogP contribution in [-0.2, 0) is 13.0 Å². The lowest BCUT2D eigenvalue weighted by molar-refractivity contribution is 0.111. The van der Waals surface area contributed by atoms with E-state index in [1.165, 1.54) is 5.56 Å². The van der Waals surface area contributed by atoms with Crippen LogP contribution in [0.25, 0.3) is 10.9 Å². The van der Waals surface area contributed by atoms with Crippen LogP contribution in [-0.4, -0.2) is 15.8 Å². The molecule has 0 bridgehead atoms. The van der Waals surface area contributed by atoms with Gasteiger partial charge in [0, 0.05) is 24.3 Å². The molecule has 0 aliphatic carbocycles. The van der Waals surface area contributed by atoms with Gasteiger partial charge in [-0.3, -0.25) is 9.78 Å². The Bertz CT molecular complexity index is 710. The summed E-state index contributed by atoms with van der Waals surface area (Å²) in [6.07, 6.45) is 5.51. The van der Waals surface area contributed by atoms with Crippen LogP contribution in [0, 0.1) is 0 Å². The maximum absolute atomic E-state index is 10.9. The first-order valence-corrected chi connectivity index (χ1v) is 6.31. The Kier molecular flexibility index (Phi) is 3.11. The highest BCUT2D eigenvalue weighted by atomic mass is 16.1. The fraction of sp³-hybridized carbons (Fsp3) is 0.125. The summed E-state index contributed by atoms with van der Waals surface area (Å²) in [5.74, 6) is 0. The van der Waals surface area contributed by atoms with Crippen molar-refractivity contribution in [2.24, 2.45) is 0 Å². The van der Waals surface area contributed by atoms with Crippen molar-refractivity contribution in [2.45, 2.75) is 13.0 Å². The molecule has 0 aliphatic heterocycles. The molecule has 0 amide bonds. The third-order valence-corrected chi connectivity index (χ3v) is 3.32. The van der Waals surface area contributed by atoms with E-state index in [9.17, 15) is 4.79 Å². The lowest BCUT2D eigenvalue weighted by Crippen LogP contribution is -2.04. The van der Waals surface area contributed by atoms with Gasteiger partial charge in [-0.15, -0.1) is 0 Å². The van der Waals surface area contributed by atoms with Gasteiger partial charge in [-0.05, 0) is 30.2 Å². The molecular weight excluding hydrogens is 236 g/mol. The minimum atomic E-state index is 0.716. The van der Waals surface area contributed by atoms with Gasteiger partial charge >= 0.3 is 0 Å². The maximum atomic E-state index is 10.9. The molecule has 0 unspecified atom stereocenters. The summed E-state index contributed by atoms with van der Waals surface area (Å²) >= 11 is 0. The molecule has 0 N–H and O–H groups in total. The van der Waals surface area contributed by atoms with E-state index < -0.39 is 0 Å². The van der Waals surface area contributed by atoms with E-state index in [0.717, 1.165) is 30.2 Å². The van der Waals surface area contributed by atoms with Crippen LogP contribution in [0.3, 0.4) is 0 Å². The topological polar surface area (TPSA) is 34.9 Å². The SMILES string of the molecule is O=Cc1cccn1CCc1cccc2cccnc12. The molecule has 0 spiro atoms. The lowest BCUT2D eigenvalue weighted by Gasteiger charge is -2.08. The second-order valence-corrected chi connectivity index (χ2v) is 4.49. The van der Waals surface area contributed by atoms with E-state index >= 15 is 0 Å². The molecular formula is C16H14N2O. The molecule has 2 heterocycles. The van der Waals surface area contributed by atoms with Gasteiger partial charge in [-0.25, -0.2) is 0 Å². The van der Waals surface area contributed by atoms with E-state index in [0.29, 0.717) is 5.69 Å². The number of benzene rings is 1. The number of aldehydes is 1. The van der Waals surface area contributed by atoms with Crippen LogP contribution in [0.4, 0.5) is 0 Å². The first-order valence-electron chi connectivity index (χ1n) is 6.31. The zero-order chi connectivity index (χ0) is 13.1. The predicted octanol–water partition coefficient (Wildman–Crippen LogP) is 3.09. The normalized spacial score (nSPS) is 10.7. The Labute approximate surface area is 111 Å². The van der Waals surface area contributed by atoms with Crippen molar-refractivity contribution in [1.29, 1.82) is 0 Å². The molecule has 3 aromatic rings. The van der Waals surface area contributed by atoms with E-state index in [1.807, 2.05) is 35.2 Å². The van der Waals surface area contributed by atoms with Crippen LogP contribution in [0.5, 0.6) is 0 Å². The molecule has 94 valence electrons. The smallest absolute Gasteiger partial charge is 0.166 e. The standard InChI is InChI=1S/C16H14N2O/c19-12-15-7-3-10-18(15)11-8-14-5-1-4-13-6-2-9-17-16(13)14/h1-7,9-10,12H,8,11H2. The monoisotopic (exact) mass is 250 g/mol. The Hall–Kier alpha value is -2.42. The van der Waals surface area contributed by atoms with Gasteiger partial charge < -0.3 is 4.57 Å². The fourth-order valence-electron chi connectivity index (χ4n) is 2.35.